The van der Waals surface area contributed by atoms with E-state index in [9.17, 15) is 19.8 Å². The van der Waals surface area contributed by atoms with E-state index in [1.807, 2.05) is 0 Å². The second kappa shape index (κ2) is 8.67. The molecule has 1 aliphatic rings. The molecular weight excluding hydrogens is 314 g/mol. The Morgan fingerprint density at radius 1 is 1.12 bits per heavy atom. The summed E-state index contributed by atoms with van der Waals surface area (Å²) < 4.78 is 10.5. The fourth-order valence-electron chi connectivity index (χ4n) is 3.41. The molecule has 0 aliphatic heterocycles. The molecule has 0 heterocycles. The number of hydrogen-bond donors (Lipinski definition) is 3. The molecular formula is C17H31NO6. The predicted octanol–water partition coefficient (Wildman–Crippen LogP) is 1.60. The summed E-state index contributed by atoms with van der Waals surface area (Å²) in [7, 11) is 0. The van der Waals surface area contributed by atoms with Crippen LogP contribution in [0.3, 0.4) is 0 Å². The minimum absolute atomic E-state index is 0.00205. The molecule has 1 rings (SSSR count). The quantitative estimate of drug-likeness (QED) is 0.605. The maximum atomic E-state index is 12.6. The summed E-state index contributed by atoms with van der Waals surface area (Å²) in [5.74, 6) is -0.428. The number of esters is 1. The molecule has 0 spiro atoms. The van der Waals surface area contributed by atoms with E-state index < -0.39 is 23.2 Å². The average Bonchev–Trinajstić information content (AvgIpc) is 2.77. The summed E-state index contributed by atoms with van der Waals surface area (Å²) in [4.78, 5) is 24.8. The molecule has 0 bridgehead atoms. The van der Waals surface area contributed by atoms with Gasteiger partial charge in [0.2, 0.25) is 0 Å². The molecule has 0 aromatic carbocycles. The fraction of sp³-hybridized carbons (Fsp3) is 0.882. The van der Waals surface area contributed by atoms with Crippen molar-refractivity contribution in [2.24, 2.45) is 11.8 Å². The van der Waals surface area contributed by atoms with Crippen molar-refractivity contribution in [3.63, 3.8) is 0 Å². The number of hydrogen-bond acceptors (Lipinski definition) is 6. The number of carbonyl (C=O) groups is 2. The summed E-state index contributed by atoms with van der Waals surface area (Å²) in [6.45, 7) is 7.18. The van der Waals surface area contributed by atoms with Crippen molar-refractivity contribution < 1.29 is 29.3 Å². The van der Waals surface area contributed by atoms with Gasteiger partial charge in [-0.3, -0.25) is 0 Å². The Labute approximate surface area is 143 Å². The molecule has 0 radical (unpaired) electrons. The first kappa shape index (κ1) is 20.7. The number of carbonyl (C=O) groups excluding carboxylic acids is 2. The van der Waals surface area contributed by atoms with Crippen molar-refractivity contribution in [2.45, 2.75) is 64.5 Å². The van der Waals surface area contributed by atoms with E-state index in [2.05, 4.69) is 5.32 Å². The first-order valence-electron chi connectivity index (χ1n) is 8.57. The van der Waals surface area contributed by atoms with Crippen LogP contribution in [0, 0.1) is 11.8 Å². The number of aliphatic hydroxyl groups is 2. The monoisotopic (exact) mass is 345 g/mol. The van der Waals surface area contributed by atoms with Gasteiger partial charge in [0, 0.05) is 13.2 Å². The molecule has 1 fully saturated rings. The molecule has 7 nitrogen and oxygen atoms in total. The van der Waals surface area contributed by atoms with E-state index in [4.69, 9.17) is 9.47 Å². The molecule has 140 valence electrons. The van der Waals surface area contributed by atoms with Crippen LogP contribution in [-0.4, -0.2) is 53.2 Å². The molecule has 0 aromatic rings. The van der Waals surface area contributed by atoms with E-state index in [1.54, 1.807) is 27.7 Å². The molecule has 7 heteroatoms. The van der Waals surface area contributed by atoms with E-state index in [1.165, 1.54) is 0 Å². The van der Waals surface area contributed by atoms with Gasteiger partial charge in [-0.2, -0.15) is 0 Å². The zero-order chi connectivity index (χ0) is 18.4. The number of rotatable bonds is 7. The Balaban J connectivity index is 2.99. The van der Waals surface area contributed by atoms with E-state index in [0.717, 1.165) is 0 Å². The Morgan fingerprint density at radius 2 is 1.62 bits per heavy atom. The number of aliphatic hydroxyl groups excluding tert-OH is 2. The molecule has 1 aliphatic carbocycles. The van der Waals surface area contributed by atoms with Crippen LogP contribution in [0.25, 0.3) is 0 Å². The lowest BCUT2D eigenvalue weighted by Crippen LogP contribution is -2.55. The standard InChI is InChI=1S/C17H31NO6/c1-5-23-14(21)17(18-15(22)24-16(2,3)4)10-12(6-8-19)13(11-17)7-9-20/h12-13,19-20H,5-11H2,1-4H3,(H,18,22)/t12-,13-/m1/s1. The van der Waals surface area contributed by atoms with Crippen LogP contribution < -0.4 is 5.32 Å². The van der Waals surface area contributed by atoms with E-state index in [-0.39, 0.29) is 31.7 Å². The Bertz CT molecular complexity index is 417. The van der Waals surface area contributed by atoms with Crippen LogP contribution >= 0.6 is 0 Å². The summed E-state index contributed by atoms with van der Waals surface area (Å²) in [6, 6.07) is 0. The highest BCUT2D eigenvalue weighted by molar-refractivity contribution is 5.86. The zero-order valence-electron chi connectivity index (χ0n) is 15.1. The molecule has 2 atom stereocenters. The number of ether oxygens (including phenoxy) is 2. The number of amides is 1. The minimum atomic E-state index is -1.17. The summed E-state index contributed by atoms with van der Waals surface area (Å²) in [6.07, 6.45) is 1.11. The SMILES string of the molecule is CCOC(=O)C1(NC(=O)OC(C)(C)C)C[C@@H](CCO)[C@H](CCO)C1. The smallest absolute Gasteiger partial charge is 0.408 e. The predicted molar refractivity (Wildman–Crippen MR) is 88.4 cm³/mol. The maximum absolute atomic E-state index is 12.6. The van der Waals surface area contributed by atoms with Crippen LogP contribution in [0.15, 0.2) is 0 Å². The van der Waals surface area contributed by atoms with Gasteiger partial charge in [0.1, 0.15) is 11.1 Å². The van der Waals surface area contributed by atoms with Crippen LogP contribution in [0.2, 0.25) is 0 Å². The van der Waals surface area contributed by atoms with Crippen molar-refractivity contribution in [1.29, 1.82) is 0 Å². The third-order valence-electron chi connectivity index (χ3n) is 4.29. The van der Waals surface area contributed by atoms with Crippen molar-refractivity contribution in [3.05, 3.63) is 0 Å². The zero-order valence-corrected chi connectivity index (χ0v) is 15.1. The van der Waals surface area contributed by atoms with Gasteiger partial charge in [0.05, 0.1) is 6.61 Å². The van der Waals surface area contributed by atoms with Crippen molar-refractivity contribution in [1.82, 2.24) is 5.32 Å². The first-order valence-corrected chi connectivity index (χ1v) is 8.57. The lowest BCUT2D eigenvalue weighted by molar-refractivity contribution is -0.151. The lowest BCUT2D eigenvalue weighted by atomic mass is 9.91. The average molecular weight is 345 g/mol. The van der Waals surface area contributed by atoms with E-state index in [0.29, 0.717) is 25.7 Å². The van der Waals surface area contributed by atoms with Crippen molar-refractivity contribution in [3.8, 4) is 0 Å². The first-order chi connectivity index (χ1) is 11.2. The summed E-state index contributed by atoms with van der Waals surface area (Å²) in [5.41, 5.74) is -1.84. The second-order valence-electron chi connectivity index (χ2n) is 7.38. The lowest BCUT2D eigenvalue weighted by Gasteiger charge is -2.30. The summed E-state index contributed by atoms with van der Waals surface area (Å²) in [5, 5.41) is 21.2. The van der Waals surface area contributed by atoms with Gasteiger partial charge in [-0.1, -0.05) is 0 Å². The topological polar surface area (TPSA) is 105 Å². The van der Waals surface area contributed by atoms with Crippen molar-refractivity contribution in [2.75, 3.05) is 19.8 Å². The highest BCUT2D eigenvalue weighted by atomic mass is 16.6. The Morgan fingerprint density at radius 3 is 2.00 bits per heavy atom. The fourth-order valence-corrected chi connectivity index (χ4v) is 3.41. The van der Waals surface area contributed by atoms with Gasteiger partial charge < -0.3 is 25.0 Å². The highest BCUT2D eigenvalue weighted by Gasteiger charge is 2.52. The Hall–Kier alpha value is -1.34. The van der Waals surface area contributed by atoms with Crippen LogP contribution in [0.1, 0.15) is 53.4 Å². The normalized spacial score (nSPS) is 22.9. The third kappa shape index (κ3) is 5.63. The van der Waals surface area contributed by atoms with E-state index >= 15 is 0 Å². The molecule has 1 amide bonds. The summed E-state index contributed by atoms with van der Waals surface area (Å²) >= 11 is 0. The molecule has 3 N–H and O–H groups in total. The minimum Gasteiger partial charge on any atom is -0.464 e. The van der Waals surface area contributed by atoms with Crippen LogP contribution in [0.5, 0.6) is 0 Å². The van der Waals surface area contributed by atoms with Gasteiger partial charge >= 0.3 is 12.1 Å². The Kier molecular flexibility index (Phi) is 7.48. The highest BCUT2D eigenvalue weighted by Crippen LogP contribution is 2.43. The molecule has 0 unspecified atom stereocenters. The molecule has 24 heavy (non-hydrogen) atoms. The van der Waals surface area contributed by atoms with Gasteiger partial charge in [0.15, 0.2) is 0 Å². The molecule has 1 saturated carbocycles. The third-order valence-corrected chi connectivity index (χ3v) is 4.29. The number of nitrogens with one attached hydrogen (secondary N) is 1. The van der Waals surface area contributed by atoms with Gasteiger partial charge in [-0.15, -0.1) is 0 Å². The van der Waals surface area contributed by atoms with Gasteiger partial charge in [-0.05, 0) is 65.2 Å². The number of alkyl carbamates (subject to hydrolysis) is 1. The molecule has 0 aromatic heterocycles. The molecule has 0 saturated heterocycles. The van der Waals surface area contributed by atoms with Crippen molar-refractivity contribution >= 4 is 12.1 Å². The van der Waals surface area contributed by atoms with Gasteiger partial charge in [0.25, 0.3) is 0 Å². The van der Waals surface area contributed by atoms with Gasteiger partial charge in [-0.25, -0.2) is 9.59 Å². The van der Waals surface area contributed by atoms with Crippen LogP contribution in [-0.2, 0) is 14.3 Å². The van der Waals surface area contributed by atoms with Crippen LogP contribution in [0.4, 0.5) is 4.79 Å². The largest absolute Gasteiger partial charge is 0.464 e. The second-order valence-corrected chi connectivity index (χ2v) is 7.38. The maximum Gasteiger partial charge on any atom is 0.408 e.